The number of aryl methyl sites for hydroxylation is 1. The van der Waals surface area contributed by atoms with Crippen LogP contribution in [0.3, 0.4) is 0 Å². The molecule has 1 saturated heterocycles. The first kappa shape index (κ1) is 18.5. The quantitative estimate of drug-likeness (QED) is 0.791. The number of nitrogens with zero attached hydrogens (tertiary/aromatic N) is 1. The largest absolute Gasteiger partial charge is 0.395 e. The van der Waals surface area contributed by atoms with Crippen LogP contribution in [0, 0.1) is 12.7 Å². The number of hydrogen-bond acceptors (Lipinski definition) is 4. The van der Waals surface area contributed by atoms with Gasteiger partial charge < -0.3 is 20.7 Å². The van der Waals surface area contributed by atoms with Crippen LogP contribution in [0.25, 0.3) is 0 Å². The summed E-state index contributed by atoms with van der Waals surface area (Å²) in [5.41, 5.74) is 7.77. The van der Waals surface area contributed by atoms with Gasteiger partial charge in [0.05, 0.1) is 17.5 Å². The van der Waals surface area contributed by atoms with Crippen LogP contribution in [0.15, 0.2) is 12.1 Å². The van der Waals surface area contributed by atoms with Crippen molar-refractivity contribution < 1.29 is 9.13 Å². The van der Waals surface area contributed by atoms with Crippen LogP contribution in [0.2, 0.25) is 0 Å². The van der Waals surface area contributed by atoms with Crippen molar-refractivity contribution in [2.75, 3.05) is 30.7 Å². The van der Waals surface area contributed by atoms with Crippen molar-refractivity contribution in [2.24, 2.45) is 0 Å². The standard InChI is InChI=1S/C20H32FN3O/c1-3-25-17-6-4-16(5-7-17)24-10-8-15(9-11-24)23-19-13-14(2)12-18(21)20(19)22/h12-13,15-17,23H,3-11,22H2,1-2H3/t16-,17-. The fourth-order valence-electron chi connectivity index (χ4n) is 4.31. The third kappa shape index (κ3) is 4.64. The van der Waals surface area contributed by atoms with Crippen molar-refractivity contribution in [3.63, 3.8) is 0 Å². The molecule has 140 valence electrons. The van der Waals surface area contributed by atoms with Gasteiger partial charge >= 0.3 is 0 Å². The minimum absolute atomic E-state index is 0.238. The number of ether oxygens (including phenoxy) is 1. The SMILES string of the molecule is CCO[C@H]1CC[C@H](N2CCC(Nc3cc(C)cc(F)c3N)CC2)CC1. The predicted octanol–water partition coefficient (Wildman–Crippen LogP) is 3.94. The van der Waals surface area contributed by atoms with Gasteiger partial charge in [0.2, 0.25) is 0 Å². The van der Waals surface area contributed by atoms with E-state index in [1.54, 1.807) is 0 Å². The number of nitrogens with one attached hydrogen (secondary N) is 1. The van der Waals surface area contributed by atoms with E-state index in [1.807, 2.05) is 13.0 Å². The molecule has 2 aliphatic rings. The number of benzene rings is 1. The van der Waals surface area contributed by atoms with Gasteiger partial charge in [-0.1, -0.05) is 0 Å². The van der Waals surface area contributed by atoms with Gasteiger partial charge in [0.15, 0.2) is 0 Å². The average molecular weight is 349 g/mol. The molecule has 0 aromatic heterocycles. The van der Waals surface area contributed by atoms with Crippen molar-refractivity contribution >= 4 is 11.4 Å². The lowest BCUT2D eigenvalue weighted by Crippen LogP contribution is -2.46. The molecule has 3 N–H and O–H groups in total. The molecule has 0 amide bonds. The van der Waals surface area contributed by atoms with Crippen LogP contribution >= 0.6 is 0 Å². The van der Waals surface area contributed by atoms with Gasteiger partial charge in [0, 0.05) is 31.8 Å². The summed E-state index contributed by atoms with van der Waals surface area (Å²) < 4.78 is 19.6. The maximum Gasteiger partial charge on any atom is 0.148 e. The van der Waals surface area contributed by atoms with Crippen LogP contribution in [-0.4, -0.2) is 42.8 Å². The molecule has 0 unspecified atom stereocenters. The maximum atomic E-state index is 13.8. The Morgan fingerprint density at radius 2 is 1.84 bits per heavy atom. The molecule has 0 bridgehead atoms. The topological polar surface area (TPSA) is 50.5 Å². The Hall–Kier alpha value is -1.33. The number of halogens is 1. The molecule has 4 nitrogen and oxygen atoms in total. The molecule has 0 atom stereocenters. The molecule has 1 saturated carbocycles. The highest BCUT2D eigenvalue weighted by Crippen LogP contribution is 2.29. The Labute approximate surface area is 150 Å². The summed E-state index contributed by atoms with van der Waals surface area (Å²) >= 11 is 0. The first-order chi connectivity index (χ1) is 12.1. The van der Waals surface area contributed by atoms with E-state index in [0.29, 0.717) is 18.2 Å². The molecule has 1 heterocycles. The number of nitrogens with two attached hydrogens (primary N) is 1. The van der Waals surface area contributed by atoms with E-state index in [0.717, 1.165) is 43.8 Å². The summed E-state index contributed by atoms with van der Waals surface area (Å²) in [6.07, 6.45) is 7.52. The van der Waals surface area contributed by atoms with Crippen molar-refractivity contribution in [3.05, 3.63) is 23.5 Å². The first-order valence-electron chi connectivity index (χ1n) is 9.74. The number of piperidine rings is 1. The number of likely N-dealkylation sites (tertiary alicyclic amines) is 1. The van der Waals surface area contributed by atoms with Crippen molar-refractivity contribution in [2.45, 2.75) is 70.6 Å². The van der Waals surface area contributed by atoms with Gasteiger partial charge in [-0.3, -0.25) is 0 Å². The lowest BCUT2D eigenvalue weighted by molar-refractivity contribution is 0.00994. The van der Waals surface area contributed by atoms with E-state index in [4.69, 9.17) is 10.5 Å². The Morgan fingerprint density at radius 3 is 2.48 bits per heavy atom. The van der Waals surface area contributed by atoms with E-state index in [9.17, 15) is 4.39 Å². The second kappa shape index (κ2) is 8.37. The Bertz CT molecular complexity index is 564. The molecular formula is C20H32FN3O. The Balaban J connectivity index is 1.48. The zero-order chi connectivity index (χ0) is 17.8. The Morgan fingerprint density at radius 1 is 1.16 bits per heavy atom. The lowest BCUT2D eigenvalue weighted by atomic mass is 9.90. The van der Waals surface area contributed by atoms with Gasteiger partial charge in [-0.15, -0.1) is 0 Å². The number of hydrogen-bond donors (Lipinski definition) is 2. The molecule has 2 fully saturated rings. The summed E-state index contributed by atoms with van der Waals surface area (Å²) in [4.78, 5) is 2.64. The Kier molecular flexibility index (Phi) is 6.18. The van der Waals surface area contributed by atoms with Gasteiger partial charge in [0.25, 0.3) is 0 Å². The van der Waals surface area contributed by atoms with E-state index >= 15 is 0 Å². The third-order valence-corrected chi connectivity index (χ3v) is 5.73. The van der Waals surface area contributed by atoms with Crippen molar-refractivity contribution in [1.82, 2.24) is 4.90 Å². The third-order valence-electron chi connectivity index (χ3n) is 5.73. The number of rotatable bonds is 5. The summed E-state index contributed by atoms with van der Waals surface area (Å²) in [5.74, 6) is -0.328. The van der Waals surface area contributed by atoms with Gasteiger partial charge in [-0.05, 0) is 70.1 Å². The molecule has 1 aromatic rings. The summed E-state index contributed by atoms with van der Waals surface area (Å²) in [5, 5.41) is 3.47. The molecule has 1 aliphatic heterocycles. The molecule has 25 heavy (non-hydrogen) atoms. The highest BCUT2D eigenvalue weighted by Gasteiger charge is 2.29. The predicted molar refractivity (Wildman–Crippen MR) is 101 cm³/mol. The van der Waals surface area contributed by atoms with Crippen LogP contribution in [0.4, 0.5) is 15.8 Å². The smallest absolute Gasteiger partial charge is 0.148 e. The van der Waals surface area contributed by atoms with Gasteiger partial charge in [-0.25, -0.2) is 4.39 Å². The fourth-order valence-corrected chi connectivity index (χ4v) is 4.31. The zero-order valence-corrected chi connectivity index (χ0v) is 15.6. The monoisotopic (exact) mass is 349 g/mol. The molecular weight excluding hydrogens is 317 g/mol. The van der Waals surface area contributed by atoms with Crippen LogP contribution in [0.1, 0.15) is 51.0 Å². The fraction of sp³-hybridized carbons (Fsp3) is 0.700. The van der Waals surface area contributed by atoms with E-state index in [2.05, 4.69) is 17.1 Å². The second-order valence-corrected chi connectivity index (χ2v) is 7.55. The number of nitrogen functional groups attached to an aromatic ring is 1. The van der Waals surface area contributed by atoms with Gasteiger partial charge in [0.1, 0.15) is 5.82 Å². The van der Waals surface area contributed by atoms with Crippen LogP contribution in [-0.2, 0) is 4.74 Å². The van der Waals surface area contributed by atoms with Crippen molar-refractivity contribution in [3.8, 4) is 0 Å². The van der Waals surface area contributed by atoms with Crippen LogP contribution < -0.4 is 11.1 Å². The second-order valence-electron chi connectivity index (χ2n) is 7.55. The van der Waals surface area contributed by atoms with Crippen LogP contribution in [0.5, 0.6) is 0 Å². The average Bonchev–Trinajstić information content (AvgIpc) is 2.61. The normalized spacial score (nSPS) is 25.9. The van der Waals surface area contributed by atoms with E-state index < -0.39 is 0 Å². The summed E-state index contributed by atoms with van der Waals surface area (Å²) in [7, 11) is 0. The highest BCUT2D eigenvalue weighted by molar-refractivity contribution is 5.68. The summed E-state index contributed by atoms with van der Waals surface area (Å²) in [6.45, 7) is 7.02. The molecule has 3 rings (SSSR count). The van der Waals surface area contributed by atoms with E-state index in [-0.39, 0.29) is 11.5 Å². The summed E-state index contributed by atoms with van der Waals surface area (Å²) in [6, 6.07) is 4.51. The zero-order valence-electron chi connectivity index (χ0n) is 15.6. The minimum atomic E-state index is -0.328. The molecule has 1 aromatic carbocycles. The molecule has 5 heteroatoms. The van der Waals surface area contributed by atoms with E-state index in [1.165, 1.54) is 31.7 Å². The lowest BCUT2D eigenvalue weighted by Gasteiger charge is -2.41. The molecule has 0 spiro atoms. The van der Waals surface area contributed by atoms with Gasteiger partial charge in [-0.2, -0.15) is 0 Å². The number of anilines is 2. The minimum Gasteiger partial charge on any atom is -0.395 e. The molecule has 1 aliphatic carbocycles. The van der Waals surface area contributed by atoms with Crippen molar-refractivity contribution in [1.29, 1.82) is 0 Å². The highest BCUT2D eigenvalue weighted by atomic mass is 19.1. The first-order valence-corrected chi connectivity index (χ1v) is 9.74. The maximum absolute atomic E-state index is 13.8. The molecule has 0 radical (unpaired) electrons.